The minimum absolute atomic E-state index is 0.0724. The number of aryl methyl sites for hydroxylation is 1. The Bertz CT molecular complexity index is 2700. The molecule has 5 heterocycles. The molecule has 8 rings (SSSR count). The summed E-state index contributed by atoms with van der Waals surface area (Å²) in [5.74, 6) is -0.319. The van der Waals surface area contributed by atoms with Crippen LogP contribution in [0.2, 0.25) is 0 Å². The van der Waals surface area contributed by atoms with Gasteiger partial charge in [0, 0.05) is 101 Å². The highest BCUT2D eigenvalue weighted by Gasteiger charge is 2.32. The Balaban J connectivity index is 0.000000421. The van der Waals surface area contributed by atoms with Crippen LogP contribution in [0.4, 0.5) is 24.5 Å². The maximum atomic E-state index is 13.2. The standard InChI is InChI=1S/C40H53F3N8O8.C12H12N2OS.C4H10/c41-40(42,43)59-31-2-4-32(34(44)24-31)39(55)50-9-5-28(6-10-50)38-33-3-1-29(23-35(33)46-27-47-38)49-14-12-48(13-15-49)16-18-57-20-22-58-21-19-56-17-8-36(53)45-25-37(54)51-11-7-30(52)26-51;1-9-12(16-8-14-9)11-4-2-10(3-5-11)6-13-7-15;1-4(2)3/h1-4,23-24,27-28,30,52H,5-22,25-26,44H2,(H,45,53);2-5,7-8H,6H2,1H3,(H,13,15);4H,1-3H3. The average molecular weight is 1120 g/mol. The van der Waals surface area contributed by atoms with Crippen LogP contribution >= 0.6 is 11.3 Å². The Hall–Kier alpha value is -6.50. The van der Waals surface area contributed by atoms with Crippen molar-refractivity contribution < 1.29 is 56.4 Å². The molecule has 1 unspecified atom stereocenters. The van der Waals surface area contributed by atoms with Gasteiger partial charge < -0.3 is 55.1 Å². The van der Waals surface area contributed by atoms with Gasteiger partial charge in [0.15, 0.2) is 0 Å². The number of nitrogens with one attached hydrogen (secondary N) is 2. The van der Waals surface area contributed by atoms with E-state index in [4.69, 9.17) is 19.9 Å². The summed E-state index contributed by atoms with van der Waals surface area (Å²) in [5.41, 5.74) is 14.1. The van der Waals surface area contributed by atoms with Crippen LogP contribution in [0.5, 0.6) is 5.75 Å². The Morgan fingerprint density at radius 1 is 0.835 bits per heavy atom. The van der Waals surface area contributed by atoms with Gasteiger partial charge in [-0.2, -0.15) is 0 Å². The third kappa shape index (κ3) is 20.3. The molecule has 2 aromatic heterocycles. The van der Waals surface area contributed by atoms with Gasteiger partial charge in [-0.05, 0) is 73.6 Å². The van der Waals surface area contributed by atoms with E-state index in [9.17, 15) is 37.5 Å². The molecule has 3 aliphatic heterocycles. The number of rotatable bonds is 22. The number of amides is 4. The first-order valence-electron chi connectivity index (χ1n) is 26.8. The smallest absolute Gasteiger partial charge is 0.406 e. The van der Waals surface area contributed by atoms with E-state index < -0.39 is 18.2 Å². The highest BCUT2D eigenvalue weighted by molar-refractivity contribution is 7.13. The fourth-order valence-electron chi connectivity index (χ4n) is 9.03. The second-order valence-electron chi connectivity index (χ2n) is 20.0. The Labute approximate surface area is 463 Å². The molecule has 430 valence electrons. The molecule has 3 aliphatic rings. The van der Waals surface area contributed by atoms with Crippen LogP contribution in [0.3, 0.4) is 0 Å². The molecule has 0 spiro atoms. The maximum absolute atomic E-state index is 13.2. The van der Waals surface area contributed by atoms with Gasteiger partial charge in [0.2, 0.25) is 18.2 Å². The van der Waals surface area contributed by atoms with Crippen molar-refractivity contribution in [3.8, 4) is 16.2 Å². The van der Waals surface area contributed by atoms with Crippen LogP contribution in [0.15, 0.2) is 72.5 Å². The minimum atomic E-state index is -4.85. The maximum Gasteiger partial charge on any atom is 0.573 e. The van der Waals surface area contributed by atoms with Crippen LogP contribution in [0, 0.1) is 12.8 Å². The molecular weight excluding hydrogens is 1050 g/mol. The lowest BCUT2D eigenvalue weighted by Crippen LogP contribution is -2.47. The molecule has 1 atom stereocenters. The third-order valence-corrected chi connectivity index (χ3v) is 14.1. The number of β-amino-alcohol motifs (C(OH)–C–C–N with tert-alkyl or cyclic N) is 1. The van der Waals surface area contributed by atoms with E-state index in [1.165, 1.54) is 16.5 Å². The van der Waals surface area contributed by atoms with Crippen LogP contribution in [0.1, 0.15) is 79.7 Å². The predicted molar refractivity (Wildman–Crippen MR) is 297 cm³/mol. The van der Waals surface area contributed by atoms with Crippen LogP contribution in [-0.4, -0.2) is 176 Å². The molecule has 3 fully saturated rings. The predicted octanol–water partition coefficient (Wildman–Crippen LogP) is 6.43. The summed E-state index contributed by atoms with van der Waals surface area (Å²) in [4.78, 5) is 69.9. The third-order valence-electron chi connectivity index (χ3n) is 13.1. The molecule has 0 saturated carbocycles. The number of aliphatic hydroxyl groups excluding tert-OH is 1. The van der Waals surface area contributed by atoms with Crippen molar-refractivity contribution in [1.82, 2.24) is 40.3 Å². The lowest BCUT2D eigenvalue weighted by molar-refractivity contribution is -0.274. The minimum Gasteiger partial charge on any atom is -0.406 e. The summed E-state index contributed by atoms with van der Waals surface area (Å²) in [5, 5.41) is 15.7. The number of benzene rings is 3. The number of aromatic nitrogens is 3. The normalized spacial score (nSPS) is 16.0. The van der Waals surface area contributed by atoms with E-state index in [1.807, 2.05) is 24.6 Å². The molecule has 5 aromatic rings. The SMILES string of the molecule is CC(C)C.Cc1ncsc1-c1ccc(CNC=O)cc1.Nc1cc(OC(F)(F)F)ccc1C(=O)N1CCC(c2ncnc3cc(N4CCN(CCOCCOCCOCCC(=O)NCC(=O)N5CCC(O)C5)CC4)ccc23)CC1. The summed E-state index contributed by atoms with van der Waals surface area (Å²) in [6, 6.07) is 17.8. The lowest BCUT2D eigenvalue weighted by atomic mass is 9.90. The van der Waals surface area contributed by atoms with Gasteiger partial charge in [-0.3, -0.25) is 24.1 Å². The zero-order valence-corrected chi connectivity index (χ0v) is 46.4. The first-order valence-corrected chi connectivity index (χ1v) is 27.6. The summed E-state index contributed by atoms with van der Waals surface area (Å²) in [6.07, 6.45) is -0.982. The Morgan fingerprint density at radius 2 is 1.51 bits per heavy atom. The van der Waals surface area contributed by atoms with Crippen molar-refractivity contribution >= 4 is 57.7 Å². The molecule has 5 N–H and O–H groups in total. The Kier molecular flexibility index (Phi) is 24.5. The second-order valence-corrected chi connectivity index (χ2v) is 20.8. The number of carbonyl (C=O) groups excluding carboxylic acids is 4. The largest absolute Gasteiger partial charge is 0.573 e. The number of likely N-dealkylation sites (tertiary alicyclic amines) is 2. The zero-order valence-electron chi connectivity index (χ0n) is 45.6. The van der Waals surface area contributed by atoms with Gasteiger partial charge >= 0.3 is 6.36 Å². The average Bonchev–Trinajstić information content (AvgIpc) is 4.10. The van der Waals surface area contributed by atoms with E-state index in [0.29, 0.717) is 91.4 Å². The number of anilines is 2. The zero-order chi connectivity index (χ0) is 56.7. The number of alkyl halides is 3. The summed E-state index contributed by atoms with van der Waals surface area (Å²) in [6.45, 7) is 17.6. The molecule has 4 amide bonds. The fraction of sp³-hybridized carbons (Fsp3) is 0.518. The number of hydrogen-bond donors (Lipinski definition) is 4. The number of aliphatic hydroxyl groups is 1. The molecule has 0 radical (unpaired) electrons. The fourth-order valence-corrected chi connectivity index (χ4v) is 9.84. The number of nitrogens with two attached hydrogens (primary N) is 1. The van der Waals surface area contributed by atoms with Gasteiger partial charge in [0.25, 0.3) is 5.91 Å². The summed E-state index contributed by atoms with van der Waals surface area (Å²) >= 11 is 1.64. The first kappa shape index (κ1) is 61.7. The van der Waals surface area contributed by atoms with E-state index in [0.717, 1.165) is 84.3 Å². The van der Waals surface area contributed by atoms with Gasteiger partial charge in [0.05, 0.1) is 85.1 Å². The van der Waals surface area contributed by atoms with E-state index in [1.54, 1.807) is 27.5 Å². The van der Waals surface area contributed by atoms with Crippen molar-refractivity contribution in [2.45, 2.75) is 78.3 Å². The number of piperazine rings is 1. The quantitative estimate of drug-likeness (QED) is 0.0333. The second kappa shape index (κ2) is 31.3. The monoisotopic (exact) mass is 1120 g/mol. The highest BCUT2D eigenvalue weighted by atomic mass is 32.1. The van der Waals surface area contributed by atoms with Gasteiger partial charge in [-0.15, -0.1) is 24.5 Å². The molecule has 79 heavy (non-hydrogen) atoms. The number of ether oxygens (including phenoxy) is 4. The number of piperidine rings is 1. The number of halogens is 3. The molecular formula is C56H75F3N10O9S. The number of hydrogen-bond acceptors (Lipinski definition) is 16. The van der Waals surface area contributed by atoms with Crippen molar-refractivity contribution in [3.05, 3.63) is 95.0 Å². The number of nitrogen functional groups attached to an aromatic ring is 1. The van der Waals surface area contributed by atoms with Crippen molar-refractivity contribution in [1.29, 1.82) is 0 Å². The first-order chi connectivity index (χ1) is 38.0. The van der Waals surface area contributed by atoms with E-state index in [-0.39, 0.29) is 54.5 Å². The molecule has 23 heteroatoms. The number of carbonyl (C=O) groups is 4. The molecule has 3 aromatic carbocycles. The topological polar surface area (TPSA) is 227 Å². The molecule has 3 saturated heterocycles. The molecule has 0 aliphatic carbocycles. The Morgan fingerprint density at radius 3 is 2.13 bits per heavy atom. The van der Waals surface area contributed by atoms with E-state index in [2.05, 4.69) is 91.2 Å². The highest BCUT2D eigenvalue weighted by Crippen LogP contribution is 2.34. The van der Waals surface area contributed by atoms with Crippen molar-refractivity contribution in [2.75, 3.05) is 116 Å². The molecule has 19 nitrogen and oxygen atoms in total. The van der Waals surface area contributed by atoms with E-state index >= 15 is 0 Å². The van der Waals surface area contributed by atoms with Crippen molar-refractivity contribution in [2.24, 2.45) is 5.92 Å². The number of thiazole rings is 1. The van der Waals surface area contributed by atoms with Crippen LogP contribution in [-0.2, 0) is 35.1 Å². The van der Waals surface area contributed by atoms with Crippen LogP contribution < -0.4 is 26.0 Å². The van der Waals surface area contributed by atoms with Gasteiger partial charge in [-0.1, -0.05) is 45.0 Å². The number of nitrogens with zero attached hydrogens (tertiary/aromatic N) is 7. The number of fused-ring (bicyclic) bond motifs is 1. The molecule has 0 bridgehead atoms. The van der Waals surface area contributed by atoms with Crippen LogP contribution in [0.25, 0.3) is 21.3 Å². The lowest BCUT2D eigenvalue weighted by Gasteiger charge is -2.36. The summed E-state index contributed by atoms with van der Waals surface area (Å²) < 4.78 is 58.5. The van der Waals surface area contributed by atoms with Crippen molar-refractivity contribution in [3.63, 3.8) is 0 Å². The van der Waals surface area contributed by atoms with Gasteiger partial charge in [0.1, 0.15) is 12.1 Å². The van der Waals surface area contributed by atoms with Gasteiger partial charge in [-0.25, -0.2) is 15.0 Å². The summed E-state index contributed by atoms with van der Waals surface area (Å²) in [7, 11) is 0.